The van der Waals surface area contributed by atoms with Crippen LogP contribution in [0.5, 0.6) is 0 Å². The molecule has 7 heteroatoms. The topological polar surface area (TPSA) is 78.5 Å². The number of piperidine rings is 1. The lowest BCUT2D eigenvalue weighted by Gasteiger charge is -2.31. The molecule has 1 saturated heterocycles. The first-order valence-electron chi connectivity index (χ1n) is 7.15. The largest absolute Gasteiger partial charge is 0.355 e. The molecule has 2 heterocycles. The lowest BCUT2D eigenvalue weighted by Crippen LogP contribution is -2.52. The highest BCUT2D eigenvalue weighted by molar-refractivity contribution is 7.87. The molecular formula is C14H19N3O3S. The second-order valence-electron chi connectivity index (χ2n) is 5.51. The lowest BCUT2D eigenvalue weighted by atomic mass is 10.0. The fourth-order valence-corrected chi connectivity index (χ4v) is 4.21. The summed E-state index contributed by atoms with van der Waals surface area (Å²) in [6, 6.07) is 7.71. The third-order valence-electron chi connectivity index (χ3n) is 4.02. The molecule has 0 radical (unpaired) electrons. The van der Waals surface area contributed by atoms with Gasteiger partial charge in [0.1, 0.15) is 0 Å². The van der Waals surface area contributed by atoms with Gasteiger partial charge >= 0.3 is 0 Å². The van der Waals surface area contributed by atoms with Crippen LogP contribution in [0.4, 0.5) is 0 Å². The van der Waals surface area contributed by atoms with E-state index >= 15 is 0 Å². The highest BCUT2D eigenvalue weighted by atomic mass is 32.2. The van der Waals surface area contributed by atoms with Crippen LogP contribution in [0.1, 0.15) is 24.0 Å². The maximum atomic E-state index is 12.4. The van der Waals surface area contributed by atoms with E-state index in [1.807, 2.05) is 24.3 Å². The molecule has 3 rings (SSSR count). The molecule has 2 aliphatic rings. The molecule has 1 unspecified atom stereocenters. The van der Waals surface area contributed by atoms with Gasteiger partial charge in [-0.15, -0.1) is 0 Å². The molecule has 0 saturated carbocycles. The third kappa shape index (κ3) is 3.25. The van der Waals surface area contributed by atoms with Gasteiger partial charge in [-0.2, -0.15) is 17.4 Å². The summed E-state index contributed by atoms with van der Waals surface area (Å²) >= 11 is 0. The number of nitrogens with one attached hydrogen (secondary N) is 2. The molecule has 0 bridgehead atoms. The molecule has 1 atom stereocenters. The molecule has 1 aromatic rings. The molecule has 1 aromatic carbocycles. The Labute approximate surface area is 124 Å². The fourth-order valence-electron chi connectivity index (χ4n) is 2.79. The molecule has 0 aromatic heterocycles. The maximum absolute atomic E-state index is 12.4. The van der Waals surface area contributed by atoms with Crippen molar-refractivity contribution < 1.29 is 13.2 Å². The van der Waals surface area contributed by atoms with Gasteiger partial charge in [-0.3, -0.25) is 4.79 Å². The van der Waals surface area contributed by atoms with E-state index in [4.69, 9.17) is 0 Å². The molecule has 21 heavy (non-hydrogen) atoms. The average Bonchev–Trinajstić information content (AvgIpc) is 2.49. The summed E-state index contributed by atoms with van der Waals surface area (Å²) < 4.78 is 29.1. The molecule has 2 N–H and O–H groups in total. The molecule has 114 valence electrons. The van der Waals surface area contributed by atoms with Crippen molar-refractivity contribution in [2.75, 3.05) is 13.1 Å². The number of benzene rings is 1. The first kappa shape index (κ1) is 14.5. The van der Waals surface area contributed by atoms with Gasteiger partial charge in [-0.05, 0) is 24.0 Å². The van der Waals surface area contributed by atoms with Crippen LogP contribution in [0.2, 0.25) is 0 Å². The monoisotopic (exact) mass is 309 g/mol. The van der Waals surface area contributed by atoms with E-state index < -0.39 is 10.2 Å². The standard InChI is InChI=1S/C14H19N3O3S/c18-14-6-5-13(9-15-14)16-21(19,20)17-8-7-11-3-1-2-4-12(11)10-17/h1-4,13,16H,5-10H2,(H,15,18). The fraction of sp³-hybridized carbons (Fsp3) is 0.500. The molecular weight excluding hydrogens is 290 g/mol. The van der Waals surface area contributed by atoms with Gasteiger partial charge < -0.3 is 5.32 Å². The zero-order valence-corrected chi connectivity index (χ0v) is 12.5. The maximum Gasteiger partial charge on any atom is 0.280 e. The van der Waals surface area contributed by atoms with Crippen LogP contribution < -0.4 is 10.0 Å². The first-order valence-corrected chi connectivity index (χ1v) is 8.59. The van der Waals surface area contributed by atoms with E-state index in [2.05, 4.69) is 10.0 Å². The summed E-state index contributed by atoms with van der Waals surface area (Å²) in [6.45, 7) is 1.26. The van der Waals surface area contributed by atoms with Crippen molar-refractivity contribution in [3.05, 3.63) is 35.4 Å². The van der Waals surface area contributed by atoms with E-state index in [9.17, 15) is 13.2 Å². The Morgan fingerprint density at radius 1 is 1.19 bits per heavy atom. The van der Waals surface area contributed by atoms with E-state index in [0.29, 0.717) is 32.5 Å². The van der Waals surface area contributed by atoms with E-state index in [1.165, 1.54) is 9.87 Å². The van der Waals surface area contributed by atoms with Crippen molar-refractivity contribution in [3.63, 3.8) is 0 Å². The first-order chi connectivity index (χ1) is 10.0. The molecule has 0 aliphatic carbocycles. The number of fused-ring (bicyclic) bond motifs is 1. The highest BCUT2D eigenvalue weighted by Gasteiger charge is 2.30. The van der Waals surface area contributed by atoms with Crippen molar-refractivity contribution in [3.8, 4) is 0 Å². The SMILES string of the molecule is O=C1CCC(NS(=O)(=O)N2CCc3ccccc3C2)CN1. The minimum absolute atomic E-state index is 0.0163. The Kier molecular flexibility index (Phi) is 3.97. The highest BCUT2D eigenvalue weighted by Crippen LogP contribution is 2.20. The van der Waals surface area contributed by atoms with Crippen LogP contribution in [0.15, 0.2) is 24.3 Å². The Hall–Kier alpha value is -1.44. The number of carbonyl (C=O) groups excluding carboxylic acids is 1. The van der Waals surface area contributed by atoms with Crippen molar-refractivity contribution in [1.82, 2.24) is 14.3 Å². The van der Waals surface area contributed by atoms with Crippen LogP contribution in [-0.4, -0.2) is 37.8 Å². The lowest BCUT2D eigenvalue weighted by molar-refractivity contribution is -0.122. The van der Waals surface area contributed by atoms with E-state index in [1.54, 1.807) is 0 Å². The molecule has 2 aliphatic heterocycles. The quantitative estimate of drug-likeness (QED) is 0.835. The van der Waals surface area contributed by atoms with Gasteiger partial charge in [0.05, 0.1) is 0 Å². The number of rotatable bonds is 3. The third-order valence-corrected chi connectivity index (χ3v) is 5.64. The number of amides is 1. The Morgan fingerprint density at radius 3 is 2.67 bits per heavy atom. The summed E-state index contributed by atoms with van der Waals surface area (Å²) in [5, 5.41) is 2.69. The van der Waals surface area contributed by atoms with Gasteiger partial charge in [0, 0.05) is 32.1 Å². The molecule has 1 fully saturated rings. The predicted octanol–water partition coefficient (Wildman–Crippen LogP) is 0.158. The van der Waals surface area contributed by atoms with Crippen LogP contribution in [-0.2, 0) is 28.0 Å². The van der Waals surface area contributed by atoms with Crippen LogP contribution in [0.25, 0.3) is 0 Å². The normalized spacial score (nSPS) is 23.4. The van der Waals surface area contributed by atoms with Gasteiger partial charge in [0.15, 0.2) is 0 Å². The Morgan fingerprint density at radius 2 is 1.95 bits per heavy atom. The zero-order chi connectivity index (χ0) is 14.9. The smallest absolute Gasteiger partial charge is 0.280 e. The van der Waals surface area contributed by atoms with Crippen LogP contribution >= 0.6 is 0 Å². The predicted molar refractivity (Wildman–Crippen MR) is 78.6 cm³/mol. The van der Waals surface area contributed by atoms with Crippen LogP contribution in [0, 0.1) is 0 Å². The van der Waals surface area contributed by atoms with Crippen molar-refractivity contribution in [2.24, 2.45) is 0 Å². The minimum Gasteiger partial charge on any atom is -0.355 e. The van der Waals surface area contributed by atoms with E-state index in [-0.39, 0.29) is 11.9 Å². The van der Waals surface area contributed by atoms with Gasteiger partial charge in [0.25, 0.3) is 10.2 Å². The summed E-state index contributed by atoms with van der Waals surface area (Å²) in [5.74, 6) is -0.0163. The molecule has 6 nitrogen and oxygen atoms in total. The van der Waals surface area contributed by atoms with Crippen molar-refractivity contribution >= 4 is 16.1 Å². The Bertz CT molecular complexity index is 635. The number of hydrogen-bond donors (Lipinski definition) is 2. The number of hydrogen-bond acceptors (Lipinski definition) is 3. The minimum atomic E-state index is -3.51. The second kappa shape index (κ2) is 5.75. The second-order valence-corrected chi connectivity index (χ2v) is 7.22. The molecule has 1 amide bonds. The number of nitrogens with zero attached hydrogens (tertiary/aromatic N) is 1. The summed E-state index contributed by atoms with van der Waals surface area (Å²) in [4.78, 5) is 11.1. The zero-order valence-electron chi connectivity index (χ0n) is 11.7. The van der Waals surface area contributed by atoms with Gasteiger partial charge in [-0.1, -0.05) is 24.3 Å². The van der Waals surface area contributed by atoms with Crippen molar-refractivity contribution in [1.29, 1.82) is 0 Å². The summed E-state index contributed by atoms with van der Waals surface area (Å²) in [6.07, 6.45) is 1.66. The molecule has 0 spiro atoms. The average molecular weight is 309 g/mol. The van der Waals surface area contributed by atoms with Crippen LogP contribution in [0.3, 0.4) is 0 Å². The van der Waals surface area contributed by atoms with E-state index in [0.717, 1.165) is 12.0 Å². The van der Waals surface area contributed by atoms with Gasteiger partial charge in [-0.25, -0.2) is 0 Å². The Balaban J connectivity index is 1.67. The summed E-state index contributed by atoms with van der Waals surface area (Å²) in [5.41, 5.74) is 2.28. The van der Waals surface area contributed by atoms with Gasteiger partial charge in [0.2, 0.25) is 5.91 Å². The number of carbonyl (C=O) groups is 1. The van der Waals surface area contributed by atoms with Crippen molar-refractivity contribution in [2.45, 2.75) is 31.8 Å². The summed E-state index contributed by atoms with van der Waals surface area (Å²) in [7, 11) is -3.51.